The van der Waals surface area contributed by atoms with Crippen LogP contribution in [0.25, 0.3) is 10.9 Å². The van der Waals surface area contributed by atoms with E-state index in [9.17, 15) is 0 Å². The fourth-order valence-electron chi connectivity index (χ4n) is 2.62. The second-order valence-electron chi connectivity index (χ2n) is 5.65. The number of hydrogen-bond donors (Lipinski definition) is 0. The van der Waals surface area contributed by atoms with E-state index in [1.165, 1.54) is 10.9 Å². The van der Waals surface area contributed by atoms with Crippen LogP contribution in [0.5, 0.6) is 11.5 Å². The molecule has 24 heavy (non-hydrogen) atoms. The molecule has 0 amide bonds. The van der Waals surface area contributed by atoms with E-state index in [-0.39, 0.29) is 0 Å². The number of aromatic nitrogens is 1. The van der Waals surface area contributed by atoms with Gasteiger partial charge in [-0.15, -0.1) is 0 Å². The molecular weight excluding hydrogens is 298 g/mol. The molecule has 0 bridgehead atoms. The summed E-state index contributed by atoms with van der Waals surface area (Å²) in [6.07, 6.45) is 5.07. The molecule has 3 nitrogen and oxygen atoms in total. The maximum absolute atomic E-state index is 5.75. The Morgan fingerprint density at radius 1 is 0.958 bits per heavy atom. The molecule has 0 aliphatic rings. The molecule has 0 N–H and O–H groups in total. The molecule has 0 spiro atoms. The van der Waals surface area contributed by atoms with Crippen molar-refractivity contribution in [3.8, 4) is 11.5 Å². The van der Waals surface area contributed by atoms with Crippen LogP contribution in [0.3, 0.4) is 0 Å². The number of unbranched alkanes of at least 4 members (excludes halogenated alkanes) is 1. The Hall–Kier alpha value is -2.55. The van der Waals surface area contributed by atoms with E-state index >= 15 is 0 Å². The minimum Gasteiger partial charge on any atom is -0.493 e. The van der Waals surface area contributed by atoms with Gasteiger partial charge in [0.15, 0.2) is 0 Å². The average molecular weight is 320 g/mol. The molecule has 0 saturated carbocycles. The van der Waals surface area contributed by atoms with E-state index < -0.39 is 0 Å². The maximum atomic E-state index is 5.75. The predicted molar refractivity (Wildman–Crippen MR) is 96.6 cm³/mol. The summed E-state index contributed by atoms with van der Waals surface area (Å²) in [7, 11) is 0. The van der Waals surface area contributed by atoms with Crippen molar-refractivity contribution >= 4 is 10.9 Å². The Bertz CT molecular complexity index is 785. The van der Waals surface area contributed by atoms with Crippen molar-refractivity contribution in [3.63, 3.8) is 0 Å². The molecule has 0 saturated heterocycles. The Balaban J connectivity index is 1.44. The number of hydrogen-bond acceptors (Lipinski definition) is 3. The lowest BCUT2D eigenvalue weighted by Crippen LogP contribution is -1.99. The van der Waals surface area contributed by atoms with Crippen molar-refractivity contribution in [1.29, 1.82) is 0 Å². The van der Waals surface area contributed by atoms with E-state index in [2.05, 4.69) is 29.2 Å². The van der Waals surface area contributed by atoms with Crippen molar-refractivity contribution in [2.24, 2.45) is 0 Å². The van der Waals surface area contributed by atoms with Crippen LogP contribution in [0.2, 0.25) is 0 Å². The largest absolute Gasteiger partial charge is 0.493 e. The lowest BCUT2D eigenvalue weighted by atomic mass is 10.1. The van der Waals surface area contributed by atoms with Crippen LogP contribution >= 0.6 is 0 Å². The highest BCUT2D eigenvalue weighted by Gasteiger charge is 2.00. The number of aryl methyl sites for hydroxylation is 1. The van der Waals surface area contributed by atoms with E-state index in [1.807, 2.05) is 43.5 Å². The number of rotatable bonds is 8. The fourth-order valence-corrected chi connectivity index (χ4v) is 2.62. The molecule has 1 heterocycles. The van der Waals surface area contributed by atoms with Crippen LogP contribution in [-0.4, -0.2) is 18.2 Å². The monoisotopic (exact) mass is 320 g/mol. The van der Waals surface area contributed by atoms with Gasteiger partial charge in [0.1, 0.15) is 11.5 Å². The molecule has 1 radical (unpaired) electrons. The molecule has 0 unspecified atom stereocenters. The first-order chi connectivity index (χ1) is 11.8. The van der Waals surface area contributed by atoms with Crippen molar-refractivity contribution in [2.75, 3.05) is 13.2 Å². The third-order valence-electron chi connectivity index (χ3n) is 3.81. The first-order valence-electron chi connectivity index (χ1n) is 8.47. The van der Waals surface area contributed by atoms with Gasteiger partial charge < -0.3 is 9.47 Å². The molecule has 1 aromatic heterocycles. The second-order valence-corrected chi connectivity index (χ2v) is 5.65. The van der Waals surface area contributed by atoms with Crippen LogP contribution in [0.1, 0.15) is 25.3 Å². The standard InChI is InChI=1S/C21H22NO2/c1-2-23-19-10-7-11-20(15-19)24-13-6-5-8-17-14-18-9-3-4-12-21(18)22-16-17/h3-4,7,9-12,14,16H,2,5-6,8,13H2,1H3. The van der Waals surface area contributed by atoms with Crippen LogP contribution in [0.4, 0.5) is 0 Å². The van der Waals surface area contributed by atoms with Crippen LogP contribution < -0.4 is 9.47 Å². The van der Waals surface area contributed by atoms with E-state index in [4.69, 9.17) is 9.47 Å². The van der Waals surface area contributed by atoms with Crippen molar-refractivity contribution < 1.29 is 9.47 Å². The van der Waals surface area contributed by atoms with E-state index in [1.54, 1.807) is 0 Å². The van der Waals surface area contributed by atoms with Crippen LogP contribution in [-0.2, 0) is 6.42 Å². The molecule has 3 aromatic rings. The lowest BCUT2D eigenvalue weighted by Gasteiger charge is -2.08. The van der Waals surface area contributed by atoms with Crippen molar-refractivity contribution in [3.05, 3.63) is 66.4 Å². The summed E-state index contributed by atoms with van der Waals surface area (Å²) in [4.78, 5) is 4.50. The summed E-state index contributed by atoms with van der Waals surface area (Å²) >= 11 is 0. The quantitative estimate of drug-likeness (QED) is 0.557. The first kappa shape index (κ1) is 16.3. The second kappa shape index (κ2) is 8.34. The average Bonchev–Trinajstić information content (AvgIpc) is 2.62. The summed E-state index contributed by atoms with van der Waals surface area (Å²) in [5.41, 5.74) is 2.33. The minimum atomic E-state index is 0.639. The maximum Gasteiger partial charge on any atom is 0.131 e. The normalized spacial score (nSPS) is 10.7. The topological polar surface area (TPSA) is 31.4 Å². The minimum absolute atomic E-state index is 0.639. The predicted octanol–water partition coefficient (Wildman–Crippen LogP) is 4.84. The molecule has 3 rings (SSSR count). The van der Waals surface area contributed by atoms with Gasteiger partial charge in [-0.1, -0.05) is 24.3 Å². The number of benzene rings is 2. The summed E-state index contributed by atoms with van der Waals surface area (Å²) in [5.74, 6) is 1.48. The zero-order chi connectivity index (χ0) is 16.6. The number of pyridine rings is 1. The van der Waals surface area contributed by atoms with Gasteiger partial charge in [0.2, 0.25) is 0 Å². The first-order valence-corrected chi connectivity index (χ1v) is 8.47. The van der Waals surface area contributed by atoms with Gasteiger partial charge in [-0.2, -0.15) is 0 Å². The zero-order valence-electron chi connectivity index (χ0n) is 14.0. The zero-order valence-corrected chi connectivity index (χ0v) is 14.0. The number of ether oxygens (including phenoxy) is 2. The lowest BCUT2D eigenvalue weighted by molar-refractivity contribution is 0.299. The highest BCUT2D eigenvalue weighted by atomic mass is 16.5. The van der Waals surface area contributed by atoms with E-state index in [0.717, 1.165) is 36.3 Å². The third-order valence-corrected chi connectivity index (χ3v) is 3.81. The molecular formula is C21H22NO2. The number of fused-ring (bicyclic) bond motifs is 1. The number of para-hydroxylation sites is 1. The van der Waals surface area contributed by atoms with Gasteiger partial charge in [0, 0.05) is 11.6 Å². The van der Waals surface area contributed by atoms with Gasteiger partial charge in [-0.05, 0) is 56.0 Å². The van der Waals surface area contributed by atoms with Crippen molar-refractivity contribution in [2.45, 2.75) is 26.2 Å². The third kappa shape index (κ3) is 4.48. The molecule has 0 atom stereocenters. The highest BCUT2D eigenvalue weighted by Crippen LogP contribution is 2.19. The summed E-state index contributed by atoms with van der Waals surface area (Å²) < 4.78 is 11.2. The summed E-state index contributed by atoms with van der Waals surface area (Å²) in [5, 5.41) is 1.20. The molecule has 0 aliphatic carbocycles. The SMILES string of the molecule is CCOc1[c]c(OCCCCc2cnc3ccccc3c2)ccc1. The number of nitrogens with zero attached hydrogens (tertiary/aromatic N) is 1. The Morgan fingerprint density at radius 2 is 1.79 bits per heavy atom. The van der Waals surface area contributed by atoms with Gasteiger partial charge in [-0.25, -0.2) is 0 Å². The molecule has 0 fully saturated rings. The molecule has 2 aromatic carbocycles. The van der Waals surface area contributed by atoms with Gasteiger partial charge >= 0.3 is 0 Å². The Labute approximate surface area is 143 Å². The fraction of sp³-hybridized carbons (Fsp3) is 0.286. The van der Waals surface area contributed by atoms with E-state index in [0.29, 0.717) is 13.2 Å². The Morgan fingerprint density at radius 3 is 2.67 bits per heavy atom. The van der Waals surface area contributed by atoms with Gasteiger partial charge in [0.25, 0.3) is 0 Å². The smallest absolute Gasteiger partial charge is 0.131 e. The van der Waals surface area contributed by atoms with Crippen LogP contribution in [0, 0.1) is 6.07 Å². The molecule has 0 aliphatic heterocycles. The molecule has 3 heteroatoms. The van der Waals surface area contributed by atoms with Gasteiger partial charge in [0.05, 0.1) is 24.8 Å². The highest BCUT2D eigenvalue weighted by molar-refractivity contribution is 5.78. The molecule has 123 valence electrons. The van der Waals surface area contributed by atoms with Crippen LogP contribution in [0.15, 0.2) is 54.7 Å². The summed E-state index contributed by atoms with van der Waals surface area (Å²) in [6, 6.07) is 19.3. The van der Waals surface area contributed by atoms with Gasteiger partial charge in [-0.3, -0.25) is 4.98 Å². The Kier molecular flexibility index (Phi) is 5.67. The summed E-state index contributed by atoms with van der Waals surface area (Å²) in [6.45, 7) is 3.29. The van der Waals surface area contributed by atoms with Crippen molar-refractivity contribution in [1.82, 2.24) is 4.98 Å².